The van der Waals surface area contributed by atoms with Crippen LogP contribution in [0.5, 0.6) is 0 Å². The maximum Gasteiger partial charge on any atom is 0.356 e. The first-order valence-electron chi connectivity index (χ1n) is 11.3. The minimum Gasteiger partial charge on any atom is -0.476 e. The SMILES string of the molecule is CN1CCN(c2cc(Cl)cc(C(=O)NC3CCC(C(N)=O)(n4ccc(C(=O)O)n4)CC3)c2)CC1. The Morgan fingerprint density at radius 3 is 2.41 bits per heavy atom. The second-order valence-electron chi connectivity index (χ2n) is 9.08. The number of benzene rings is 1. The van der Waals surface area contributed by atoms with Crippen LogP contribution in [0.25, 0.3) is 0 Å². The number of carboxylic acid groups (broad SMARTS) is 1. The molecule has 1 saturated carbocycles. The maximum atomic E-state index is 13.0. The Balaban J connectivity index is 1.43. The van der Waals surface area contributed by atoms with Crippen molar-refractivity contribution in [3.8, 4) is 0 Å². The van der Waals surface area contributed by atoms with Crippen LogP contribution in [0.4, 0.5) is 5.69 Å². The number of carbonyl (C=O) groups is 3. The number of carboxylic acids is 1. The predicted molar refractivity (Wildman–Crippen MR) is 127 cm³/mol. The van der Waals surface area contributed by atoms with Crippen molar-refractivity contribution in [3.05, 3.63) is 46.7 Å². The van der Waals surface area contributed by atoms with Gasteiger partial charge in [0.25, 0.3) is 5.91 Å². The Bertz CT molecular complexity index is 1090. The van der Waals surface area contributed by atoms with Crippen molar-refractivity contribution in [1.29, 1.82) is 0 Å². The van der Waals surface area contributed by atoms with Crippen molar-refractivity contribution in [3.63, 3.8) is 0 Å². The quantitative estimate of drug-likeness (QED) is 0.561. The number of piperazine rings is 1. The van der Waals surface area contributed by atoms with Crippen molar-refractivity contribution in [2.75, 3.05) is 38.1 Å². The van der Waals surface area contributed by atoms with Crippen LogP contribution in [-0.2, 0) is 10.3 Å². The van der Waals surface area contributed by atoms with E-state index in [4.69, 9.17) is 22.4 Å². The molecule has 0 radical (unpaired) electrons. The van der Waals surface area contributed by atoms with Gasteiger partial charge in [-0.2, -0.15) is 5.10 Å². The Morgan fingerprint density at radius 1 is 1.15 bits per heavy atom. The molecule has 1 aromatic carbocycles. The van der Waals surface area contributed by atoms with E-state index in [0.29, 0.717) is 36.3 Å². The summed E-state index contributed by atoms with van der Waals surface area (Å²) in [6, 6.07) is 6.59. The largest absolute Gasteiger partial charge is 0.476 e. The van der Waals surface area contributed by atoms with Gasteiger partial charge in [-0.15, -0.1) is 0 Å². The van der Waals surface area contributed by atoms with E-state index >= 15 is 0 Å². The summed E-state index contributed by atoms with van der Waals surface area (Å²) in [7, 11) is 2.09. The van der Waals surface area contributed by atoms with Gasteiger partial charge in [-0.25, -0.2) is 4.79 Å². The normalized spacial score (nSPS) is 23.5. The predicted octanol–water partition coefficient (Wildman–Crippen LogP) is 1.54. The highest BCUT2D eigenvalue weighted by Gasteiger charge is 2.43. The van der Waals surface area contributed by atoms with E-state index in [2.05, 4.69) is 27.3 Å². The number of hydrogen-bond donors (Lipinski definition) is 3. The molecule has 0 unspecified atom stereocenters. The third-order valence-electron chi connectivity index (χ3n) is 6.87. The summed E-state index contributed by atoms with van der Waals surface area (Å²) in [5.41, 5.74) is 5.87. The molecule has 0 atom stereocenters. The molecule has 0 bridgehead atoms. The Morgan fingerprint density at radius 2 is 1.82 bits per heavy atom. The average Bonchev–Trinajstić information content (AvgIpc) is 3.31. The van der Waals surface area contributed by atoms with E-state index in [9.17, 15) is 14.4 Å². The molecule has 1 saturated heterocycles. The van der Waals surface area contributed by atoms with Gasteiger partial charge in [0, 0.05) is 54.7 Å². The number of hydrogen-bond acceptors (Lipinski definition) is 6. The fraction of sp³-hybridized carbons (Fsp3) is 0.478. The minimum atomic E-state index is -1.17. The second kappa shape index (κ2) is 9.63. The highest BCUT2D eigenvalue weighted by molar-refractivity contribution is 6.31. The zero-order valence-corrected chi connectivity index (χ0v) is 19.8. The van der Waals surface area contributed by atoms with Gasteiger partial charge in [0.1, 0.15) is 5.54 Å². The van der Waals surface area contributed by atoms with E-state index in [-0.39, 0.29) is 17.6 Å². The molecule has 2 aliphatic rings. The molecule has 10 nitrogen and oxygen atoms in total. The molecule has 1 aromatic heterocycles. The molecule has 0 spiro atoms. The van der Waals surface area contributed by atoms with Crippen LogP contribution < -0.4 is 16.0 Å². The van der Waals surface area contributed by atoms with Crippen LogP contribution in [0.3, 0.4) is 0 Å². The highest BCUT2D eigenvalue weighted by atomic mass is 35.5. The number of nitrogens with two attached hydrogens (primary N) is 1. The van der Waals surface area contributed by atoms with Gasteiger partial charge in [-0.3, -0.25) is 14.3 Å². The Labute approximate surface area is 202 Å². The summed E-state index contributed by atoms with van der Waals surface area (Å²) in [4.78, 5) is 41.1. The van der Waals surface area contributed by atoms with Crippen LogP contribution in [0.1, 0.15) is 46.5 Å². The van der Waals surface area contributed by atoms with Crippen LogP contribution in [0.2, 0.25) is 5.02 Å². The molecule has 2 amide bonds. The lowest BCUT2D eigenvalue weighted by Gasteiger charge is -2.38. The summed E-state index contributed by atoms with van der Waals surface area (Å²) in [6.45, 7) is 3.63. The lowest BCUT2D eigenvalue weighted by Crippen LogP contribution is -2.52. The van der Waals surface area contributed by atoms with Crippen LogP contribution in [-0.4, -0.2) is 76.8 Å². The van der Waals surface area contributed by atoms with Crippen LogP contribution in [0.15, 0.2) is 30.5 Å². The van der Waals surface area contributed by atoms with Crippen LogP contribution in [0, 0.1) is 0 Å². The van der Waals surface area contributed by atoms with Crippen molar-refractivity contribution < 1.29 is 19.5 Å². The number of primary amides is 1. The van der Waals surface area contributed by atoms with Crippen molar-refractivity contribution in [2.24, 2.45) is 5.73 Å². The van der Waals surface area contributed by atoms with Crippen molar-refractivity contribution in [2.45, 2.75) is 37.3 Å². The summed E-state index contributed by atoms with van der Waals surface area (Å²) < 4.78 is 1.36. The van der Waals surface area contributed by atoms with E-state index < -0.39 is 17.4 Å². The lowest BCUT2D eigenvalue weighted by molar-refractivity contribution is -0.129. The van der Waals surface area contributed by atoms with Gasteiger partial charge in [0.2, 0.25) is 5.91 Å². The van der Waals surface area contributed by atoms with Gasteiger partial charge >= 0.3 is 5.97 Å². The number of rotatable bonds is 6. The van der Waals surface area contributed by atoms with E-state index in [1.54, 1.807) is 6.07 Å². The van der Waals surface area contributed by atoms with E-state index in [1.807, 2.05) is 12.1 Å². The minimum absolute atomic E-state index is 0.145. The Kier molecular flexibility index (Phi) is 6.81. The number of amides is 2. The lowest BCUT2D eigenvalue weighted by atomic mass is 9.78. The van der Waals surface area contributed by atoms with Gasteiger partial charge in [0.05, 0.1) is 0 Å². The first-order valence-corrected chi connectivity index (χ1v) is 11.7. The van der Waals surface area contributed by atoms with E-state index in [0.717, 1.165) is 31.9 Å². The topological polar surface area (TPSA) is 134 Å². The van der Waals surface area contributed by atoms with Gasteiger partial charge in [-0.05, 0) is 57.0 Å². The monoisotopic (exact) mass is 488 g/mol. The average molecular weight is 489 g/mol. The fourth-order valence-corrected chi connectivity index (χ4v) is 4.96. The molecule has 182 valence electrons. The number of nitrogens with one attached hydrogen (secondary N) is 1. The molecular weight excluding hydrogens is 460 g/mol. The summed E-state index contributed by atoms with van der Waals surface area (Å²) >= 11 is 6.33. The molecule has 1 aliphatic carbocycles. The summed E-state index contributed by atoms with van der Waals surface area (Å²) in [5, 5.41) is 16.7. The standard InChI is InChI=1S/C23H29ClN6O4/c1-28-8-10-29(11-9-28)18-13-15(12-16(24)14-18)20(31)26-17-2-5-23(6-3-17,22(25)34)30-7-4-19(27-30)21(32)33/h4,7,12-14,17H,2-3,5-6,8-11H2,1H3,(H2,25,34)(H,26,31)(H,32,33). The highest BCUT2D eigenvalue weighted by Crippen LogP contribution is 2.35. The smallest absolute Gasteiger partial charge is 0.356 e. The summed E-state index contributed by atoms with van der Waals surface area (Å²) in [5.74, 6) is -1.96. The number of likely N-dealkylation sites (N-methyl/N-ethyl adjacent to an activating group) is 1. The number of halogens is 1. The fourth-order valence-electron chi connectivity index (χ4n) is 4.73. The molecule has 1 aliphatic heterocycles. The first-order chi connectivity index (χ1) is 16.2. The van der Waals surface area contributed by atoms with Gasteiger partial charge in [-0.1, -0.05) is 11.6 Å². The third-order valence-corrected chi connectivity index (χ3v) is 7.08. The first kappa shape index (κ1) is 24.0. The number of nitrogens with zero attached hydrogens (tertiary/aromatic N) is 4. The van der Waals surface area contributed by atoms with Gasteiger partial charge in [0.15, 0.2) is 5.69 Å². The van der Waals surface area contributed by atoms with Gasteiger partial charge < -0.3 is 26.0 Å². The Hall–Kier alpha value is -3.11. The third kappa shape index (κ3) is 4.88. The maximum absolute atomic E-state index is 13.0. The van der Waals surface area contributed by atoms with Crippen molar-refractivity contribution >= 4 is 35.1 Å². The molecular formula is C23H29ClN6O4. The number of carbonyl (C=O) groups excluding carboxylic acids is 2. The number of aromatic nitrogens is 2. The molecule has 2 aromatic rings. The zero-order valence-electron chi connectivity index (χ0n) is 19.0. The molecule has 2 fully saturated rings. The second-order valence-corrected chi connectivity index (χ2v) is 9.52. The molecule has 4 N–H and O–H groups in total. The van der Waals surface area contributed by atoms with Crippen molar-refractivity contribution in [1.82, 2.24) is 20.0 Å². The molecule has 34 heavy (non-hydrogen) atoms. The molecule has 11 heteroatoms. The van der Waals surface area contributed by atoms with Crippen LogP contribution >= 0.6 is 11.6 Å². The number of anilines is 1. The zero-order chi connectivity index (χ0) is 24.5. The van der Waals surface area contributed by atoms with E-state index in [1.165, 1.54) is 16.9 Å². The molecule has 2 heterocycles. The number of aromatic carboxylic acids is 1. The molecule has 4 rings (SSSR count). The summed E-state index contributed by atoms with van der Waals surface area (Å²) in [6.07, 6.45) is 3.16.